The number of aromatic nitrogens is 1. The quantitative estimate of drug-likeness (QED) is 0.904. The van der Waals surface area contributed by atoms with Crippen molar-refractivity contribution in [1.82, 2.24) is 9.88 Å². The van der Waals surface area contributed by atoms with E-state index in [1.807, 2.05) is 32.0 Å². The van der Waals surface area contributed by atoms with Gasteiger partial charge in [-0.25, -0.2) is 0 Å². The second-order valence-electron chi connectivity index (χ2n) is 5.68. The molecule has 0 radical (unpaired) electrons. The Hall–Kier alpha value is -2.40. The highest BCUT2D eigenvalue weighted by Gasteiger charge is 2.16. The molecule has 0 spiro atoms. The smallest absolute Gasteiger partial charge is 0.244 e. The minimum absolute atomic E-state index is 0.0600. The fraction of sp³-hybridized carbons (Fsp3) is 0.278. The van der Waals surface area contributed by atoms with Crippen LogP contribution in [-0.4, -0.2) is 28.2 Å². The van der Waals surface area contributed by atoms with Gasteiger partial charge in [0.2, 0.25) is 11.8 Å². The first-order chi connectivity index (χ1) is 11.4. The van der Waals surface area contributed by atoms with Gasteiger partial charge < -0.3 is 10.2 Å². The van der Waals surface area contributed by atoms with Gasteiger partial charge in [0.25, 0.3) is 0 Å². The second kappa shape index (κ2) is 7.93. The van der Waals surface area contributed by atoms with Crippen molar-refractivity contribution in [1.29, 1.82) is 0 Å². The Morgan fingerprint density at radius 3 is 2.58 bits per heavy atom. The third-order valence-corrected chi connectivity index (χ3v) is 3.85. The standard InChI is InChI=1S/C18H20ClN3O2/c1-12-8-13(2)18(16(19)9-12)21-17(24)11-22(14(3)23)10-15-6-4-5-7-20-15/h4-9H,10-11H2,1-3H3,(H,21,24). The number of halogens is 1. The van der Waals surface area contributed by atoms with E-state index in [4.69, 9.17) is 11.6 Å². The molecule has 0 aliphatic carbocycles. The highest BCUT2D eigenvalue weighted by Crippen LogP contribution is 2.27. The number of anilines is 1. The lowest BCUT2D eigenvalue weighted by Crippen LogP contribution is -2.36. The number of aryl methyl sites for hydroxylation is 2. The zero-order chi connectivity index (χ0) is 17.7. The van der Waals surface area contributed by atoms with Crippen molar-refractivity contribution in [3.8, 4) is 0 Å². The van der Waals surface area contributed by atoms with E-state index in [0.717, 1.165) is 16.8 Å². The average Bonchev–Trinajstić information content (AvgIpc) is 2.51. The van der Waals surface area contributed by atoms with Crippen LogP contribution in [-0.2, 0) is 16.1 Å². The van der Waals surface area contributed by atoms with Crippen LogP contribution in [0.2, 0.25) is 5.02 Å². The van der Waals surface area contributed by atoms with E-state index in [0.29, 0.717) is 10.7 Å². The number of carbonyl (C=O) groups is 2. The van der Waals surface area contributed by atoms with Gasteiger partial charge in [-0.15, -0.1) is 0 Å². The van der Waals surface area contributed by atoms with Crippen LogP contribution in [0.25, 0.3) is 0 Å². The maximum absolute atomic E-state index is 12.3. The third-order valence-electron chi connectivity index (χ3n) is 3.55. The number of nitrogens with zero attached hydrogens (tertiary/aromatic N) is 2. The summed E-state index contributed by atoms with van der Waals surface area (Å²) in [6.45, 7) is 5.47. The Labute approximate surface area is 146 Å². The van der Waals surface area contributed by atoms with Crippen LogP contribution in [0.15, 0.2) is 36.5 Å². The normalized spacial score (nSPS) is 10.3. The van der Waals surface area contributed by atoms with Crippen LogP contribution in [0, 0.1) is 13.8 Å². The van der Waals surface area contributed by atoms with Gasteiger partial charge in [-0.05, 0) is 43.2 Å². The van der Waals surface area contributed by atoms with Crippen LogP contribution in [0.3, 0.4) is 0 Å². The van der Waals surface area contributed by atoms with Crippen molar-refractivity contribution in [3.63, 3.8) is 0 Å². The molecule has 0 aliphatic heterocycles. The third kappa shape index (κ3) is 4.80. The minimum atomic E-state index is -0.296. The first kappa shape index (κ1) is 17.9. The van der Waals surface area contributed by atoms with Gasteiger partial charge in [0.1, 0.15) is 6.54 Å². The zero-order valence-electron chi connectivity index (χ0n) is 14.0. The van der Waals surface area contributed by atoms with Crippen LogP contribution < -0.4 is 5.32 Å². The van der Waals surface area contributed by atoms with E-state index in [1.165, 1.54) is 11.8 Å². The zero-order valence-corrected chi connectivity index (χ0v) is 14.7. The number of pyridine rings is 1. The molecule has 0 bridgehead atoms. The molecular formula is C18H20ClN3O2. The molecule has 1 aromatic heterocycles. The van der Waals surface area contributed by atoms with Gasteiger partial charge in [-0.3, -0.25) is 14.6 Å². The Balaban J connectivity index is 2.07. The Morgan fingerprint density at radius 2 is 2.00 bits per heavy atom. The summed E-state index contributed by atoms with van der Waals surface area (Å²) in [5.74, 6) is -0.488. The monoisotopic (exact) mass is 345 g/mol. The summed E-state index contributed by atoms with van der Waals surface area (Å²) in [5, 5.41) is 3.28. The van der Waals surface area contributed by atoms with Crippen molar-refractivity contribution in [2.45, 2.75) is 27.3 Å². The van der Waals surface area contributed by atoms with Gasteiger partial charge in [0.05, 0.1) is 22.9 Å². The molecule has 2 amide bonds. The molecule has 24 heavy (non-hydrogen) atoms. The van der Waals surface area contributed by atoms with Gasteiger partial charge in [-0.1, -0.05) is 23.7 Å². The van der Waals surface area contributed by atoms with E-state index in [-0.39, 0.29) is 24.9 Å². The minimum Gasteiger partial charge on any atom is -0.328 e. The molecule has 2 rings (SSSR count). The lowest BCUT2D eigenvalue weighted by molar-refractivity contribution is -0.133. The molecule has 0 aliphatic rings. The van der Waals surface area contributed by atoms with E-state index >= 15 is 0 Å². The molecule has 0 saturated carbocycles. The molecule has 1 N–H and O–H groups in total. The fourth-order valence-electron chi connectivity index (χ4n) is 2.39. The number of benzene rings is 1. The Bertz CT molecular complexity index is 724. The Kier molecular flexibility index (Phi) is 5.93. The van der Waals surface area contributed by atoms with Gasteiger partial charge in [0.15, 0.2) is 0 Å². The summed E-state index contributed by atoms with van der Waals surface area (Å²) in [5.41, 5.74) is 3.21. The highest BCUT2D eigenvalue weighted by atomic mass is 35.5. The molecule has 1 aromatic carbocycles. The van der Waals surface area contributed by atoms with Crippen molar-refractivity contribution < 1.29 is 9.59 Å². The maximum atomic E-state index is 12.3. The Morgan fingerprint density at radius 1 is 1.25 bits per heavy atom. The number of amides is 2. The summed E-state index contributed by atoms with van der Waals surface area (Å²) < 4.78 is 0. The van der Waals surface area contributed by atoms with Crippen molar-refractivity contribution in [3.05, 3.63) is 58.4 Å². The van der Waals surface area contributed by atoms with Crippen molar-refractivity contribution in [2.75, 3.05) is 11.9 Å². The molecule has 0 atom stereocenters. The molecular weight excluding hydrogens is 326 g/mol. The largest absolute Gasteiger partial charge is 0.328 e. The predicted molar refractivity (Wildman–Crippen MR) is 94.9 cm³/mol. The lowest BCUT2D eigenvalue weighted by atomic mass is 10.1. The highest BCUT2D eigenvalue weighted by molar-refractivity contribution is 6.34. The van der Waals surface area contributed by atoms with Crippen molar-refractivity contribution in [2.24, 2.45) is 0 Å². The first-order valence-corrected chi connectivity index (χ1v) is 7.96. The molecule has 1 heterocycles. The number of nitrogens with one attached hydrogen (secondary N) is 1. The van der Waals surface area contributed by atoms with Crippen LogP contribution in [0.4, 0.5) is 5.69 Å². The average molecular weight is 346 g/mol. The molecule has 126 valence electrons. The number of rotatable bonds is 5. The first-order valence-electron chi connectivity index (χ1n) is 7.59. The van der Waals surface area contributed by atoms with Gasteiger partial charge >= 0.3 is 0 Å². The molecule has 0 saturated heterocycles. The number of hydrogen-bond acceptors (Lipinski definition) is 3. The molecule has 6 heteroatoms. The topological polar surface area (TPSA) is 62.3 Å². The number of hydrogen-bond donors (Lipinski definition) is 1. The molecule has 0 unspecified atom stereocenters. The summed E-state index contributed by atoms with van der Waals surface area (Å²) >= 11 is 6.20. The van der Waals surface area contributed by atoms with Crippen molar-refractivity contribution >= 4 is 29.1 Å². The van der Waals surface area contributed by atoms with Crippen LogP contribution in [0.5, 0.6) is 0 Å². The van der Waals surface area contributed by atoms with Gasteiger partial charge in [0, 0.05) is 13.1 Å². The predicted octanol–water partition coefficient (Wildman–Crippen LogP) is 3.34. The molecule has 0 fully saturated rings. The van der Waals surface area contributed by atoms with Gasteiger partial charge in [-0.2, -0.15) is 0 Å². The SMILES string of the molecule is CC(=O)N(CC(=O)Nc1c(C)cc(C)cc1Cl)Cc1ccccn1. The maximum Gasteiger partial charge on any atom is 0.244 e. The van der Waals surface area contributed by atoms with Crippen LogP contribution >= 0.6 is 11.6 Å². The fourth-order valence-corrected chi connectivity index (χ4v) is 2.76. The van der Waals surface area contributed by atoms with E-state index < -0.39 is 0 Å². The second-order valence-corrected chi connectivity index (χ2v) is 6.09. The summed E-state index contributed by atoms with van der Waals surface area (Å²) in [7, 11) is 0. The van der Waals surface area contributed by atoms with E-state index in [1.54, 1.807) is 18.3 Å². The summed E-state index contributed by atoms with van der Waals surface area (Å²) in [6, 6.07) is 9.19. The van der Waals surface area contributed by atoms with E-state index in [9.17, 15) is 9.59 Å². The number of carbonyl (C=O) groups excluding carboxylic acids is 2. The summed E-state index contributed by atoms with van der Waals surface area (Å²) in [6.07, 6.45) is 1.66. The molecule has 2 aromatic rings. The molecule has 5 nitrogen and oxygen atoms in total. The lowest BCUT2D eigenvalue weighted by Gasteiger charge is -2.21. The van der Waals surface area contributed by atoms with E-state index in [2.05, 4.69) is 10.3 Å². The summed E-state index contributed by atoms with van der Waals surface area (Å²) in [4.78, 5) is 29.8. The van der Waals surface area contributed by atoms with Crippen LogP contribution in [0.1, 0.15) is 23.7 Å².